The largest absolute Gasteiger partial charge is 0.356 e. The van der Waals surface area contributed by atoms with Crippen LogP contribution in [0, 0.1) is 12.7 Å². The molecule has 0 amide bonds. The second-order valence-corrected chi connectivity index (χ2v) is 8.78. The summed E-state index contributed by atoms with van der Waals surface area (Å²) in [6, 6.07) is 4.99. The Balaban J connectivity index is 0.00000320. The van der Waals surface area contributed by atoms with Crippen LogP contribution in [0.15, 0.2) is 23.2 Å². The van der Waals surface area contributed by atoms with Gasteiger partial charge in [0, 0.05) is 30.1 Å². The van der Waals surface area contributed by atoms with Crippen molar-refractivity contribution in [2.24, 2.45) is 12.0 Å². The van der Waals surface area contributed by atoms with E-state index in [4.69, 9.17) is 16.6 Å². The summed E-state index contributed by atoms with van der Waals surface area (Å²) in [5, 5.41) is 15.7. The molecule has 0 aliphatic heterocycles. The van der Waals surface area contributed by atoms with Gasteiger partial charge in [-0.15, -0.1) is 34.2 Å². The SMILES string of the molecule is Cc1nnc(CN=C(NCC(C)(C)c2ccc(F)cc2Cl)NC2CCCC2)n1C.I. The Morgan fingerprint density at radius 1 is 1.30 bits per heavy atom. The van der Waals surface area contributed by atoms with Gasteiger partial charge >= 0.3 is 0 Å². The van der Waals surface area contributed by atoms with E-state index in [1.807, 2.05) is 18.5 Å². The number of rotatable bonds is 6. The van der Waals surface area contributed by atoms with Crippen molar-refractivity contribution in [2.75, 3.05) is 6.54 Å². The van der Waals surface area contributed by atoms with E-state index < -0.39 is 0 Å². The first-order chi connectivity index (χ1) is 13.8. The smallest absolute Gasteiger partial charge is 0.191 e. The molecule has 0 atom stereocenters. The van der Waals surface area contributed by atoms with Crippen molar-refractivity contribution in [3.63, 3.8) is 0 Å². The van der Waals surface area contributed by atoms with Crippen LogP contribution >= 0.6 is 35.6 Å². The Morgan fingerprint density at radius 2 is 2.00 bits per heavy atom. The second-order valence-electron chi connectivity index (χ2n) is 8.37. The first kappa shape index (κ1) is 24.8. The summed E-state index contributed by atoms with van der Waals surface area (Å²) in [4.78, 5) is 4.74. The third-order valence-electron chi connectivity index (χ3n) is 5.62. The fourth-order valence-corrected chi connectivity index (χ4v) is 4.02. The molecule has 0 radical (unpaired) electrons. The molecule has 2 aromatic rings. The summed E-state index contributed by atoms with van der Waals surface area (Å²) < 4.78 is 15.4. The zero-order valence-electron chi connectivity index (χ0n) is 18.0. The lowest BCUT2D eigenvalue weighted by atomic mass is 9.84. The highest BCUT2D eigenvalue weighted by Gasteiger charge is 2.25. The molecule has 30 heavy (non-hydrogen) atoms. The van der Waals surface area contributed by atoms with Crippen molar-refractivity contribution in [3.8, 4) is 0 Å². The van der Waals surface area contributed by atoms with Crippen LogP contribution in [0.5, 0.6) is 0 Å². The second kappa shape index (κ2) is 10.7. The lowest BCUT2D eigenvalue weighted by molar-refractivity contribution is 0.501. The fraction of sp³-hybridized carbons (Fsp3) is 0.571. The van der Waals surface area contributed by atoms with Gasteiger partial charge in [0.2, 0.25) is 0 Å². The fourth-order valence-electron chi connectivity index (χ4n) is 3.59. The van der Waals surface area contributed by atoms with Crippen LogP contribution in [-0.4, -0.2) is 33.3 Å². The summed E-state index contributed by atoms with van der Waals surface area (Å²) in [6.45, 7) is 7.13. The number of aryl methyl sites for hydroxylation is 1. The third kappa shape index (κ3) is 6.29. The molecule has 9 heteroatoms. The number of guanidine groups is 1. The van der Waals surface area contributed by atoms with E-state index in [1.165, 1.54) is 25.0 Å². The normalized spacial score (nSPS) is 15.2. The molecule has 1 saturated carbocycles. The molecule has 3 rings (SSSR count). The van der Waals surface area contributed by atoms with E-state index in [0.717, 1.165) is 36.0 Å². The third-order valence-corrected chi connectivity index (χ3v) is 5.93. The summed E-state index contributed by atoms with van der Waals surface area (Å²) in [7, 11) is 1.94. The van der Waals surface area contributed by atoms with Crippen LogP contribution in [0.1, 0.15) is 56.7 Å². The van der Waals surface area contributed by atoms with Crippen LogP contribution in [0.25, 0.3) is 0 Å². The minimum Gasteiger partial charge on any atom is -0.356 e. The topological polar surface area (TPSA) is 67.1 Å². The highest BCUT2D eigenvalue weighted by Crippen LogP contribution is 2.30. The van der Waals surface area contributed by atoms with Gasteiger partial charge < -0.3 is 15.2 Å². The Hall–Kier alpha value is -1.42. The number of hydrogen-bond donors (Lipinski definition) is 2. The van der Waals surface area contributed by atoms with Gasteiger partial charge in [0.25, 0.3) is 0 Å². The molecule has 1 aliphatic carbocycles. The molecule has 6 nitrogen and oxygen atoms in total. The van der Waals surface area contributed by atoms with Gasteiger partial charge in [0.1, 0.15) is 18.2 Å². The summed E-state index contributed by atoms with van der Waals surface area (Å²) in [6.07, 6.45) is 4.78. The molecule has 1 aliphatic rings. The van der Waals surface area contributed by atoms with Crippen molar-refractivity contribution < 1.29 is 4.39 Å². The van der Waals surface area contributed by atoms with Crippen molar-refractivity contribution in [1.29, 1.82) is 0 Å². The maximum Gasteiger partial charge on any atom is 0.191 e. The lowest BCUT2D eigenvalue weighted by Gasteiger charge is -2.28. The van der Waals surface area contributed by atoms with Crippen LogP contribution in [0.2, 0.25) is 5.02 Å². The number of nitrogens with one attached hydrogen (secondary N) is 2. The van der Waals surface area contributed by atoms with Gasteiger partial charge in [0.15, 0.2) is 11.8 Å². The van der Waals surface area contributed by atoms with Crippen molar-refractivity contribution >= 4 is 41.5 Å². The molecular weight excluding hydrogens is 518 g/mol. The van der Waals surface area contributed by atoms with Crippen LogP contribution < -0.4 is 10.6 Å². The van der Waals surface area contributed by atoms with Crippen LogP contribution in [-0.2, 0) is 19.0 Å². The average Bonchev–Trinajstić information content (AvgIpc) is 3.28. The van der Waals surface area contributed by atoms with Gasteiger partial charge in [-0.05, 0) is 37.5 Å². The number of hydrogen-bond acceptors (Lipinski definition) is 3. The van der Waals surface area contributed by atoms with Gasteiger partial charge in [-0.2, -0.15) is 0 Å². The highest BCUT2D eigenvalue weighted by molar-refractivity contribution is 14.0. The van der Waals surface area contributed by atoms with E-state index >= 15 is 0 Å². The van der Waals surface area contributed by atoms with Crippen LogP contribution in [0.4, 0.5) is 4.39 Å². The molecule has 0 saturated heterocycles. The van der Waals surface area contributed by atoms with E-state index in [1.54, 1.807) is 6.07 Å². The molecule has 1 aromatic carbocycles. The van der Waals surface area contributed by atoms with Gasteiger partial charge in [0.05, 0.1) is 0 Å². The first-order valence-electron chi connectivity index (χ1n) is 10.1. The zero-order chi connectivity index (χ0) is 21.0. The maximum atomic E-state index is 13.4. The number of aromatic nitrogens is 3. The van der Waals surface area contributed by atoms with Crippen LogP contribution in [0.3, 0.4) is 0 Å². The van der Waals surface area contributed by atoms with Crippen molar-refractivity contribution in [1.82, 2.24) is 25.4 Å². The Bertz CT molecular complexity index is 876. The van der Waals surface area contributed by atoms with Gasteiger partial charge in [-0.1, -0.05) is 44.4 Å². The summed E-state index contributed by atoms with van der Waals surface area (Å²) >= 11 is 6.30. The van der Waals surface area contributed by atoms with E-state index in [-0.39, 0.29) is 35.2 Å². The minimum absolute atomic E-state index is 0. The van der Waals surface area contributed by atoms with Crippen molar-refractivity contribution in [3.05, 3.63) is 46.3 Å². The van der Waals surface area contributed by atoms with E-state index in [2.05, 4.69) is 34.7 Å². The number of aliphatic imine (C=N–C) groups is 1. The maximum absolute atomic E-state index is 13.4. The molecule has 0 bridgehead atoms. The first-order valence-corrected chi connectivity index (χ1v) is 10.5. The Morgan fingerprint density at radius 3 is 2.60 bits per heavy atom. The predicted octanol–water partition coefficient (Wildman–Crippen LogP) is 4.49. The minimum atomic E-state index is -0.327. The molecule has 0 unspecified atom stereocenters. The summed E-state index contributed by atoms with van der Waals surface area (Å²) in [5.41, 5.74) is 0.599. The Labute approximate surface area is 200 Å². The van der Waals surface area contributed by atoms with Gasteiger partial charge in [-0.3, -0.25) is 0 Å². The molecule has 1 fully saturated rings. The number of nitrogens with zero attached hydrogens (tertiary/aromatic N) is 4. The van der Waals surface area contributed by atoms with Crippen molar-refractivity contribution in [2.45, 2.75) is 64.5 Å². The standard InChI is InChI=1S/C21H30ClFN6.HI/c1-14-27-28-19(29(14)4)12-24-20(26-16-7-5-6-8-16)25-13-21(2,3)17-10-9-15(23)11-18(17)22;/h9-11,16H,5-8,12-13H2,1-4H3,(H2,24,25,26);1H. The predicted molar refractivity (Wildman–Crippen MR) is 130 cm³/mol. The molecule has 1 heterocycles. The highest BCUT2D eigenvalue weighted by atomic mass is 127. The zero-order valence-corrected chi connectivity index (χ0v) is 21.1. The molecule has 2 N–H and O–H groups in total. The molecule has 0 spiro atoms. The average molecular weight is 549 g/mol. The Kier molecular flexibility index (Phi) is 8.90. The lowest BCUT2D eigenvalue weighted by Crippen LogP contribution is -2.46. The molecule has 1 aromatic heterocycles. The quantitative estimate of drug-likeness (QED) is 0.317. The summed E-state index contributed by atoms with van der Waals surface area (Å²) in [5.74, 6) is 2.10. The molecular formula is C21H31ClFIN6. The van der Waals surface area contributed by atoms with Gasteiger partial charge in [-0.25, -0.2) is 9.38 Å². The molecule has 166 valence electrons. The van der Waals surface area contributed by atoms with E-state index in [0.29, 0.717) is 24.2 Å². The number of benzene rings is 1. The van der Waals surface area contributed by atoms with E-state index in [9.17, 15) is 4.39 Å². The number of halogens is 3. The monoisotopic (exact) mass is 548 g/mol.